The molecule has 5 heteroatoms. The summed E-state index contributed by atoms with van der Waals surface area (Å²) in [4.78, 5) is 0. The zero-order chi connectivity index (χ0) is 8.39. The summed E-state index contributed by atoms with van der Waals surface area (Å²) in [5.41, 5.74) is 0.989. The highest BCUT2D eigenvalue weighted by atomic mass is 79.9. The van der Waals surface area contributed by atoms with Gasteiger partial charge in [-0.1, -0.05) is 18.2 Å². The summed E-state index contributed by atoms with van der Waals surface area (Å²) in [6.45, 7) is 1.73. The van der Waals surface area contributed by atoms with Gasteiger partial charge in [0.1, 0.15) is 0 Å². The summed E-state index contributed by atoms with van der Waals surface area (Å²) in [6.07, 6.45) is 0. The van der Waals surface area contributed by atoms with Gasteiger partial charge in [0, 0.05) is 0 Å². The van der Waals surface area contributed by atoms with E-state index < -0.39 is 0 Å². The highest BCUT2D eigenvalue weighted by molar-refractivity contribution is 9.07. The molecular formula is C7H6BrN4. The van der Waals surface area contributed by atoms with Gasteiger partial charge in [-0.2, -0.15) is 4.03 Å². The van der Waals surface area contributed by atoms with E-state index in [9.17, 15) is 0 Å². The molecule has 1 aliphatic heterocycles. The molecule has 0 spiro atoms. The third-order valence-electron chi connectivity index (χ3n) is 1.45. The number of rotatable bonds is 1. The van der Waals surface area contributed by atoms with Gasteiger partial charge in [0.15, 0.2) is 6.67 Å². The van der Waals surface area contributed by atoms with Crippen LogP contribution in [0.5, 0.6) is 0 Å². The van der Waals surface area contributed by atoms with Crippen LogP contribution in [-0.2, 0) is 0 Å². The molecule has 1 radical (unpaired) electrons. The highest BCUT2D eigenvalue weighted by Crippen LogP contribution is 2.23. The lowest BCUT2D eigenvalue weighted by Crippen LogP contribution is -2.11. The van der Waals surface area contributed by atoms with Crippen LogP contribution in [0.15, 0.2) is 40.8 Å². The summed E-state index contributed by atoms with van der Waals surface area (Å²) in [5.74, 6) is 0. The minimum atomic E-state index is 0.989. The van der Waals surface area contributed by atoms with Crippen LogP contribution in [0.2, 0.25) is 0 Å². The van der Waals surface area contributed by atoms with Crippen molar-refractivity contribution in [2.75, 3.05) is 5.01 Å². The van der Waals surface area contributed by atoms with Gasteiger partial charge < -0.3 is 0 Å². The molecule has 61 valence electrons. The van der Waals surface area contributed by atoms with E-state index in [2.05, 4.69) is 26.6 Å². The Morgan fingerprint density at radius 3 is 2.42 bits per heavy atom. The van der Waals surface area contributed by atoms with Gasteiger partial charge in [0.05, 0.1) is 21.8 Å². The lowest BCUT2D eigenvalue weighted by Gasteiger charge is -2.09. The molecule has 12 heavy (non-hydrogen) atoms. The topological polar surface area (TPSA) is 31.2 Å². The summed E-state index contributed by atoms with van der Waals surface area (Å²) >= 11 is 3.15. The van der Waals surface area contributed by atoms with Crippen molar-refractivity contribution >= 4 is 21.8 Å². The van der Waals surface area contributed by atoms with Crippen LogP contribution in [0, 0.1) is 6.67 Å². The number of hydrogen-bond donors (Lipinski definition) is 0. The van der Waals surface area contributed by atoms with Crippen molar-refractivity contribution in [2.45, 2.75) is 0 Å². The van der Waals surface area contributed by atoms with Gasteiger partial charge in [-0.15, -0.1) is 0 Å². The molecule has 0 atom stereocenters. The fraction of sp³-hybridized carbons (Fsp3) is 0. The smallest absolute Gasteiger partial charge is 0.197 e. The number of benzene rings is 1. The van der Waals surface area contributed by atoms with E-state index in [1.165, 1.54) is 4.03 Å². The molecule has 0 amide bonds. The molecule has 1 aromatic rings. The Morgan fingerprint density at radius 1 is 1.08 bits per heavy atom. The predicted octanol–water partition coefficient (Wildman–Crippen LogP) is 2.52. The second-order valence-corrected chi connectivity index (χ2v) is 2.99. The molecule has 0 aromatic heterocycles. The van der Waals surface area contributed by atoms with Crippen molar-refractivity contribution in [3.8, 4) is 0 Å². The van der Waals surface area contributed by atoms with Crippen LogP contribution >= 0.6 is 16.1 Å². The van der Waals surface area contributed by atoms with E-state index in [4.69, 9.17) is 0 Å². The quantitative estimate of drug-likeness (QED) is 0.689. The standard InChI is InChI=1S/C7H6BrN4/c8-12-6-11(9-10-12)7-4-2-1-3-5-7/h1-6H. The van der Waals surface area contributed by atoms with Gasteiger partial charge in [0.2, 0.25) is 0 Å². The Balaban J connectivity index is 2.18. The van der Waals surface area contributed by atoms with Gasteiger partial charge in [-0.25, -0.2) is 5.01 Å². The molecule has 0 saturated carbocycles. The van der Waals surface area contributed by atoms with Gasteiger partial charge in [0.25, 0.3) is 0 Å². The normalized spacial score (nSPS) is 15.8. The Kier molecular flexibility index (Phi) is 1.95. The maximum absolute atomic E-state index is 3.87. The first kappa shape index (κ1) is 7.54. The predicted molar refractivity (Wildman–Crippen MR) is 48.8 cm³/mol. The highest BCUT2D eigenvalue weighted by Gasteiger charge is 2.15. The molecule has 4 nitrogen and oxygen atoms in total. The Hall–Kier alpha value is -1.10. The number of hydrogen-bond acceptors (Lipinski definition) is 4. The molecule has 0 fully saturated rings. The van der Waals surface area contributed by atoms with E-state index in [1.54, 1.807) is 11.7 Å². The Labute approximate surface area is 78.8 Å². The van der Waals surface area contributed by atoms with E-state index in [-0.39, 0.29) is 0 Å². The van der Waals surface area contributed by atoms with Gasteiger partial charge >= 0.3 is 0 Å². The molecule has 0 aliphatic carbocycles. The van der Waals surface area contributed by atoms with Crippen molar-refractivity contribution in [2.24, 2.45) is 10.4 Å². The van der Waals surface area contributed by atoms with Crippen molar-refractivity contribution < 1.29 is 0 Å². The number of anilines is 1. The Bertz CT molecular complexity index is 287. The van der Waals surface area contributed by atoms with E-state index in [0.29, 0.717) is 0 Å². The number of para-hydroxylation sites is 1. The van der Waals surface area contributed by atoms with Crippen LogP contribution in [-0.4, -0.2) is 4.03 Å². The summed E-state index contributed by atoms with van der Waals surface area (Å²) < 4.78 is 1.47. The fourth-order valence-electron chi connectivity index (χ4n) is 0.917. The lowest BCUT2D eigenvalue weighted by molar-refractivity contribution is 0.648. The van der Waals surface area contributed by atoms with Crippen molar-refractivity contribution in [3.05, 3.63) is 37.0 Å². The van der Waals surface area contributed by atoms with Crippen LogP contribution < -0.4 is 5.01 Å². The van der Waals surface area contributed by atoms with Crippen molar-refractivity contribution in [3.63, 3.8) is 0 Å². The first-order valence-electron chi connectivity index (χ1n) is 3.42. The second-order valence-electron chi connectivity index (χ2n) is 2.26. The third kappa shape index (κ3) is 1.40. The molecule has 1 aromatic carbocycles. The first-order chi connectivity index (χ1) is 5.86. The minimum Gasteiger partial charge on any atom is -0.216 e. The van der Waals surface area contributed by atoms with Crippen molar-refractivity contribution in [1.29, 1.82) is 0 Å². The second kappa shape index (κ2) is 3.10. The molecular weight excluding hydrogens is 220 g/mol. The lowest BCUT2D eigenvalue weighted by atomic mass is 10.3. The number of nitrogens with zero attached hydrogens (tertiary/aromatic N) is 4. The van der Waals surface area contributed by atoms with Crippen LogP contribution in [0.25, 0.3) is 0 Å². The van der Waals surface area contributed by atoms with Crippen LogP contribution in [0.4, 0.5) is 5.69 Å². The van der Waals surface area contributed by atoms with Crippen LogP contribution in [0.1, 0.15) is 0 Å². The molecule has 2 rings (SSSR count). The molecule has 0 bridgehead atoms. The van der Waals surface area contributed by atoms with Gasteiger partial charge in [-0.3, -0.25) is 0 Å². The van der Waals surface area contributed by atoms with Gasteiger partial charge in [-0.05, 0) is 22.6 Å². The molecule has 0 saturated heterocycles. The monoisotopic (exact) mass is 225 g/mol. The molecule has 0 unspecified atom stereocenters. The van der Waals surface area contributed by atoms with E-state index in [1.807, 2.05) is 30.3 Å². The molecule has 1 aliphatic rings. The average Bonchev–Trinajstić information content (AvgIpc) is 2.54. The maximum atomic E-state index is 3.87. The van der Waals surface area contributed by atoms with Crippen molar-refractivity contribution in [1.82, 2.24) is 4.03 Å². The summed E-state index contributed by atoms with van der Waals surface area (Å²) in [5, 5.41) is 9.28. The number of halogens is 1. The molecule has 1 heterocycles. The SMILES string of the molecule is BrN1[CH]N(c2ccccc2)N=N1. The summed E-state index contributed by atoms with van der Waals surface area (Å²) in [6, 6.07) is 9.79. The largest absolute Gasteiger partial charge is 0.216 e. The van der Waals surface area contributed by atoms with E-state index >= 15 is 0 Å². The fourth-order valence-corrected chi connectivity index (χ4v) is 1.15. The van der Waals surface area contributed by atoms with E-state index in [0.717, 1.165) is 5.69 Å². The maximum Gasteiger partial charge on any atom is 0.197 e. The zero-order valence-corrected chi connectivity index (χ0v) is 7.72. The first-order valence-corrected chi connectivity index (χ1v) is 4.13. The average molecular weight is 226 g/mol. The molecule has 0 N–H and O–H groups in total. The zero-order valence-electron chi connectivity index (χ0n) is 6.13. The summed E-state index contributed by atoms with van der Waals surface area (Å²) in [7, 11) is 0. The third-order valence-corrected chi connectivity index (χ3v) is 1.77. The minimum absolute atomic E-state index is 0.989. The van der Waals surface area contributed by atoms with Crippen LogP contribution in [0.3, 0.4) is 0 Å². The Morgan fingerprint density at radius 2 is 1.83 bits per heavy atom.